The van der Waals surface area contributed by atoms with Gasteiger partial charge in [-0.15, -0.1) is 0 Å². The van der Waals surface area contributed by atoms with Crippen LogP contribution in [0, 0.1) is 16.0 Å². The van der Waals surface area contributed by atoms with Crippen molar-refractivity contribution in [2.45, 2.75) is 26.4 Å². The van der Waals surface area contributed by atoms with Crippen molar-refractivity contribution >= 4 is 35.1 Å². The van der Waals surface area contributed by atoms with E-state index < -0.39 is 41.0 Å². The Kier molecular flexibility index (Phi) is 9.17. The van der Waals surface area contributed by atoms with Crippen LogP contribution in [0.15, 0.2) is 42.5 Å². The molecular weight excluding hydrogens is 454 g/mol. The van der Waals surface area contributed by atoms with E-state index in [1.54, 1.807) is 38.1 Å². The lowest BCUT2D eigenvalue weighted by Gasteiger charge is -2.21. The summed E-state index contributed by atoms with van der Waals surface area (Å²) < 4.78 is 10.3. The monoisotopic (exact) mass is 477 g/mol. The van der Waals surface area contributed by atoms with Crippen LogP contribution >= 0.6 is 11.6 Å². The minimum absolute atomic E-state index is 0.0425. The summed E-state index contributed by atoms with van der Waals surface area (Å²) in [6.45, 7) is 3.00. The zero-order chi connectivity index (χ0) is 24.5. The number of nitro benzene ring substituents is 1. The number of nitrogens with one attached hydrogen (secondary N) is 2. The van der Waals surface area contributed by atoms with Gasteiger partial charge in [0.25, 0.3) is 17.5 Å². The van der Waals surface area contributed by atoms with E-state index in [1.165, 1.54) is 19.2 Å². The number of carbonyl (C=O) groups excluding carboxylic acids is 3. The van der Waals surface area contributed by atoms with Crippen LogP contribution in [0.2, 0.25) is 5.02 Å². The minimum Gasteiger partial charge on any atom is -0.496 e. The van der Waals surface area contributed by atoms with Gasteiger partial charge in [0.15, 0.2) is 6.61 Å². The first kappa shape index (κ1) is 25.6. The summed E-state index contributed by atoms with van der Waals surface area (Å²) in [6.07, 6.45) is 0. The lowest BCUT2D eigenvalue weighted by molar-refractivity contribution is -0.384. The van der Waals surface area contributed by atoms with Gasteiger partial charge in [-0.1, -0.05) is 43.6 Å². The van der Waals surface area contributed by atoms with E-state index >= 15 is 0 Å². The summed E-state index contributed by atoms with van der Waals surface area (Å²) in [5, 5.41) is 16.0. The highest BCUT2D eigenvalue weighted by Gasteiger charge is 2.27. The predicted octanol–water partition coefficient (Wildman–Crippen LogP) is 2.87. The molecule has 176 valence electrons. The summed E-state index contributed by atoms with van der Waals surface area (Å²) in [7, 11) is 1.52. The second-order valence-corrected chi connectivity index (χ2v) is 7.72. The number of hydrogen-bond acceptors (Lipinski definition) is 7. The van der Waals surface area contributed by atoms with Crippen LogP contribution in [-0.2, 0) is 20.9 Å². The number of rotatable bonds is 10. The third-order valence-corrected chi connectivity index (χ3v) is 4.95. The smallest absolute Gasteiger partial charge is 0.329 e. The lowest BCUT2D eigenvalue weighted by atomic mass is 10.0. The number of nitrogens with zero attached hydrogens (tertiary/aromatic N) is 1. The van der Waals surface area contributed by atoms with E-state index in [-0.39, 0.29) is 23.0 Å². The van der Waals surface area contributed by atoms with Crippen molar-refractivity contribution in [3.05, 3.63) is 68.7 Å². The SMILES string of the molecule is COc1ccccc1CNC(=O)COC(=O)C(NC(=O)c1ccc(Cl)c([N+](=O)[O-])c1)C(C)C. The number of para-hydroxylation sites is 1. The number of esters is 1. The van der Waals surface area contributed by atoms with Crippen molar-refractivity contribution in [3.63, 3.8) is 0 Å². The first-order valence-electron chi connectivity index (χ1n) is 9.94. The summed E-state index contributed by atoms with van der Waals surface area (Å²) in [6, 6.07) is 9.62. The molecule has 0 aliphatic rings. The molecule has 33 heavy (non-hydrogen) atoms. The fourth-order valence-electron chi connectivity index (χ4n) is 2.84. The van der Waals surface area contributed by atoms with Gasteiger partial charge in [-0.25, -0.2) is 4.79 Å². The molecule has 0 aliphatic carbocycles. The molecule has 1 unspecified atom stereocenters. The largest absolute Gasteiger partial charge is 0.496 e. The highest BCUT2D eigenvalue weighted by Crippen LogP contribution is 2.25. The van der Waals surface area contributed by atoms with Gasteiger partial charge in [0.05, 0.1) is 12.0 Å². The zero-order valence-electron chi connectivity index (χ0n) is 18.3. The molecule has 2 aromatic carbocycles. The number of amides is 2. The van der Waals surface area contributed by atoms with E-state index in [9.17, 15) is 24.5 Å². The van der Waals surface area contributed by atoms with Gasteiger partial charge < -0.3 is 20.1 Å². The van der Waals surface area contributed by atoms with Crippen molar-refractivity contribution in [1.29, 1.82) is 0 Å². The van der Waals surface area contributed by atoms with Crippen LogP contribution < -0.4 is 15.4 Å². The number of nitro groups is 1. The summed E-state index contributed by atoms with van der Waals surface area (Å²) in [5.74, 6) is -1.82. The molecule has 2 rings (SSSR count). The molecule has 11 heteroatoms. The molecular formula is C22H24ClN3O7. The third kappa shape index (κ3) is 7.18. The molecule has 10 nitrogen and oxygen atoms in total. The lowest BCUT2D eigenvalue weighted by Crippen LogP contribution is -2.46. The topological polar surface area (TPSA) is 137 Å². The third-order valence-electron chi connectivity index (χ3n) is 4.63. The van der Waals surface area contributed by atoms with Gasteiger partial charge in [-0.2, -0.15) is 0 Å². The zero-order valence-corrected chi connectivity index (χ0v) is 19.0. The van der Waals surface area contributed by atoms with E-state index in [0.717, 1.165) is 11.6 Å². The summed E-state index contributed by atoms with van der Waals surface area (Å²) >= 11 is 5.76. The number of carbonyl (C=O) groups is 3. The molecule has 0 radical (unpaired) electrons. The normalized spacial score (nSPS) is 11.4. The highest BCUT2D eigenvalue weighted by molar-refractivity contribution is 6.32. The molecule has 0 saturated carbocycles. The number of methoxy groups -OCH3 is 1. The highest BCUT2D eigenvalue weighted by atomic mass is 35.5. The Morgan fingerprint density at radius 1 is 1.15 bits per heavy atom. The van der Waals surface area contributed by atoms with Gasteiger partial charge in [-0.3, -0.25) is 19.7 Å². The Morgan fingerprint density at radius 2 is 1.85 bits per heavy atom. The molecule has 0 bridgehead atoms. The number of hydrogen-bond donors (Lipinski definition) is 2. The Bertz CT molecular complexity index is 1040. The van der Waals surface area contributed by atoms with Crippen LogP contribution in [0.1, 0.15) is 29.8 Å². The van der Waals surface area contributed by atoms with Crippen molar-refractivity contribution in [1.82, 2.24) is 10.6 Å². The van der Waals surface area contributed by atoms with Crippen molar-refractivity contribution in [2.75, 3.05) is 13.7 Å². The first-order valence-corrected chi connectivity index (χ1v) is 10.3. The second-order valence-electron chi connectivity index (χ2n) is 7.31. The number of benzene rings is 2. The maximum atomic E-state index is 12.5. The van der Waals surface area contributed by atoms with Crippen LogP contribution in [0.5, 0.6) is 5.75 Å². The molecule has 0 heterocycles. The maximum absolute atomic E-state index is 12.5. The van der Waals surface area contributed by atoms with Crippen molar-refractivity contribution in [3.8, 4) is 5.75 Å². The van der Waals surface area contributed by atoms with E-state index in [2.05, 4.69) is 10.6 Å². The maximum Gasteiger partial charge on any atom is 0.329 e. The minimum atomic E-state index is -1.07. The number of ether oxygens (including phenoxy) is 2. The fraction of sp³-hybridized carbons (Fsp3) is 0.318. The van der Waals surface area contributed by atoms with Crippen molar-refractivity contribution < 1.29 is 28.8 Å². The van der Waals surface area contributed by atoms with Crippen molar-refractivity contribution in [2.24, 2.45) is 5.92 Å². The Morgan fingerprint density at radius 3 is 2.48 bits per heavy atom. The van der Waals surface area contributed by atoms with Gasteiger partial charge in [0.2, 0.25) is 0 Å². The van der Waals surface area contributed by atoms with Crippen LogP contribution in [0.3, 0.4) is 0 Å². The van der Waals surface area contributed by atoms with Gasteiger partial charge >= 0.3 is 5.97 Å². The predicted molar refractivity (Wildman–Crippen MR) is 120 cm³/mol. The van der Waals surface area contributed by atoms with E-state index in [1.807, 2.05) is 0 Å². The van der Waals surface area contributed by atoms with Crippen LogP contribution in [0.25, 0.3) is 0 Å². The molecule has 0 fully saturated rings. The molecule has 0 saturated heterocycles. The second kappa shape index (κ2) is 11.8. The standard InChI is InChI=1S/C22H24ClN3O7/c1-13(2)20(25-21(28)14-8-9-16(23)17(10-14)26(30)31)22(29)33-12-19(27)24-11-15-6-4-5-7-18(15)32-3/h4-10,13,20H,11-12H2,1-3H3,(H,24,27)(H,25,28). The molecule has 2 amide bonds. The van der Waals surface area contributed by atoms with Gasteiger partial charge in [0.1, 0.15) is 16.8 Å². The van der Waals surface area contributed by atoms with E-state index in [0.29, 0.717) is 5.75 Å². The van der Waals surface area contributed by atoms with Crippen LogP contribution in [-0.4, -0.2) is 42.5 Å². The molecule has 2 aromatic rings. The molecule has 0 aromatic heterocycles. The molecule has 2 N–H and O–H groups in total. The summed E-state index contributed by atoms with van der Waals surface area (Å²) in [5.41, 5.74) is 0.280. The van der Waals surface area contributed by atoms with Gasteiger partial charge in [0, 0.05) is 23.7 Å². The Balaban J connectivity index is 1.95. The molecule has 0 spiro atoms. The Labute approximate surface area is 195 Å². The quantitative estimate of drug-likeness (QED) is 0.305. The number of halogens is 1. The summed E-state index contributed by atoms with van der Waals surface area (Å²) in [4.78, 5) is 47.4. The van der Waals surface area contributed by atoms with E-state index in [4.69, 9.17) is 21.1 Å². The average molecular weight is 478 g/mol. The average Bonchev–Trinajstić information content (AvgIpc) is 2.79. The molecule has 0 aliphatic heterocycles. The van der Waals surface area contributed by atoms with Gasteiger partial charge in [-0.05, 0) is 24.1 Å². The van der Waals surface area contributed by atoms with Crippen LogP contribution in [0.4, 0.5) is 5.69 Å². The first-order chi connectivity index (χ1) is 15.6. The fourth-order valence-corrected chi connectivity index (χ4v) is 3.02. The molecule has 1 atom stereocenters. The Hall–Kier alpha value is -3.66.